The molecule has 11 nitrogen and oxygen atoms in total. The average Bonchev–Trinajstić information content (AvgIpc) is 2.78. The van der Waals surface area contributed by atoms with Gasteiger partial charge in [0.05, 0.1) is 19.3 Å². The Bertz CT molecular complexity index is 766. The summed E-state index contributed by atoms with van der Waals surface area (Å²) in [7, 11) is 0. The number of benzene rings is 1. The SMILES string of the molecule is CSCCC(N)C(=O)NC(CO)C(=O)NC(CO)C(=O)NC(Cc1ccccc1)C(=O)O. The van der Waals surface area contributed by atoms with E-state index in [-0.39, 0.29) is 6.42 Å². The molecule has 0 aliphatic rings. The fraction of sp³-hybridized carbons (Fsp3) is 0.500. The van der Waals surface area contributed by atoms with Gasteiger partial charge in [-0.25, -0.2) is 4.79 Å². The van der Waals surface area contributed by atoms with Crippen molar-refractivity contribution in [1.29, 1.82) is 0 Å². The van der Waals surface area contributed by atoms with Gasteiger partial charge in [-0.05, 0) is 24.0 Å². The fourth-order valence-corrected chi connectivity index (χ4v) is 3.13. The van der Waals surface area contributed by atoms with Crippen molar-refractivity contribution < 1.29 is 34.5 Å². The molecule has 0 aromatic heterocycles. The van der Waals surface area contributed by atoms with Gasteiger partial charge in [-0.2, -0.15) is 11.8 Å². The van der Waals surface area contributed by atoms with Crippen molar-refractivity contribution in [2.45, 2.75) is 37.0 Å². The number of nitrogens with one attached hydrogen (secondary N) is 3. The van der Waals surface area contributed by atoms with E-state index in [1.54, 1.807) is 30.3 Å². The molecule has 0 heterocycles. The summed E-state index contributed by atoms with van der Waals surface area (Å²) in [6, 6.07) is 3.56. The summed E-state index contributed by atoms with van der Waals surface area (Å²) in [5.74, 6) is -3.16. The summed E-state index contributed by atoms with van der Waals surface area (Å²) in [5.41, 5.74) is 6.40. The molecule has 4 unspecified atom stereocenters. The topological polar surface area (TPSA) is 191 Å². The van der Waals surface area contributed by atoms with Crippen molar-refractivity contribution >= 4 is 35.5 Å². The lowest BCUT2D eigenvalue weighted by Crippen LogP contribution is -2.59. The second-order valence-corrected chi connectivity index (χ2v) is 7.95. The number of hydrogen-bond acceptors (Lipinski definition) is 8. The number of carboxylic acid groups (broad SMARTS) is 1. The molecule has 8 N–H and O–H groups in total. The predicted molar refractivity (Wildman–Crippen MR) is 119 cm³/mol. The first-order valence-electron chi connectivity index (χ1n) is 9.87. The van der Waals surface area contributed by atoms with Crippen LogP contribution in [0.3, 0.4) is 0 Å². The molecule has 4 atom stereocenters. The normalized spacial score (nSPS) is 14.5. The van der Waals surface area contributed by atoms with E-state index < -0.39 is 61.1 Å². The maximum absolute atomic E-state index is 12.5. The number of aliphatic hydroxyl groups excluding tert-OH is 2. The Hall–Kier alpha value is -2.67. The van der Waals surface area contributed by atoms with Crippen molar-refractivity contribution in [2.24, 2.45) is 5.73 Å². The van der Waals surface area contributed by atoms with Gasteiger partial charge in [0, 0.05) is 6.42 Å². The summed E-state index contributed by atoms with van der Waals surface area (Å²) >= 11 is 1.50. The summed E-state index contributed by atoms with van der Waals surface area (Å²) < 4.78 is 0. The zero-order valence-corrected chi connectivity index (χ0v) is 18.5. The Morgan fingerprint density at radius 2 is 1.41 bits per heavy atom. The minimum atomic E-state index is -1.49. The smallest absolute Gasteiger partial charge is 0.326 e. The third-order valence-electron chi connectivity index (χ3n) is 4.50. The van der Waals surface area contributed by atoms with Crippen molar-refractivity contribution in [1.82, 2.24) is 16.0 Å². The summed E-state index contributed by atoms with van der Waals surface area (Å²) in [4.78, 5) is 48.4. The third-order valence-corrected chi connectivity index (χ3v) is 5.14. The van der Waals surface area contributed by atoms with Crippen LogP contribution in [0.5, 0.6) is 0 Å². The highest BCUT2D eigenvalue weighted by atomic mass is 32.2. The van der Waals surface area contributed by atoms with Crippen molar-refractivity contribution in [3.05, 3.63) is 35.9 Å². The number of carboxylic acids is 1. The van der Waals surface area contributed by atoms with Crippen LogP contribution in [-0.2, 0) is 25.6 Å². The van der Waals surface area contributed by atoms with Crippen molar-refractivity contribution in [2.75, 3.05) is 25.2 Å². The molecule has 178 valence electrons. The van der Waals surface area contributed by atoms with E-state index in [0.29, 0.717) is 17.7 Å². The van der Waals surface area contributed by atoms with Crippen molar-refractivity contribution in [3.8, 4) is 0 Å². The van der Waals surface area contributed by atoms with E-state index in [1.165, 1.54) is 11.8 Å². The number of carbonyl (C=O) groups excluding carboxylic acids is 3. The van der Waals surface area contributed by atoms with Crippen LogP contribution >= 0.6 is 11.8 Å². The van der Waals surface area contributed by atoms with Gasteiger partial charge in [-0.15, -0.1) is 0 Å². The molecule has 1 rings (SSSR count). The minimum absolute atomic E-state index is 0.00271. The fourth-order valence-electron chi connectivity index (χ4n) is 2.64. The number of amides is 3. The molecule has 0 bridgehead atoms. The summed E-state index contributed by atoms with van der Waals surface area (Å²) in [5, 5.41) is 35.1. The van der Waals surface area contributed by atoms with E-state index in [1.807, 2.05) is 6.26 Å². The van der Waals surface area contributed by atoms with Crippen LogP contribution in [0.15, 0.2) is 30.3 Å². The zero-order valence-electron chi connectivity index (χ0n) is 17.7. The predicted octanol–water partition coefficient (Wildman–Crippen LogP) is -2.17. The molecule has 1 aromatic rings. The van der Waals surface area contributed by atoms with E-state index in [2.05, 4.69) is 16.0 Å². The second kappa shape index (κ2) is 14.4. The van der Waals surface area contributed by atoms with E-state index in [9.17, 15) is 34.5 Å². The molecule has 3 amide bonds. The Labute approximate surface area is 190 Å². The number of hydrogen-bond donors (Lipinski definition) is 7. The van der Waals surface area contributed by atoms with E-state index in [0.717, 1.165) is 0 Å². The quantitative estimate of drug-likeness (QED) is 0.159. The largest absolute Gasteiger partial charge is 0.480 e. The average molecular weight is 471 g/mol. The highest BCUT2D eigenvalue weighted by molar-refractivity contribution is 7.98. The van der Waals surface area contributed by atoms with Crippen molar-refractivity contribution in [3.63, 3.8) is 0 Å². The molecular formula is C20H30N4O7S. The first-order chi connectivity index (χ1) is 15.2. The molecule has 0 spiro atoms. The van der Waals surface area contributed by atoms with Gasteiger partial charge >= 0.3 is 5.97 Å². The maximum Gasteiger partial charge on any atom is 0.326 e. The van der Waals surface area contributed by atoms with Crippen LogP contribution in [0.1, 0.15) is 12.0 Å². The van der Waals surface area contributed by atoms with E-state index in [4.69, 9.17) is 5.73 Å². The Morgan fingerprint density at radius 1 is 0.906 bits per heavy atom. The minimum Gasteiger partial charge on any atom is -0.480 e. The highest BCUT2D eigenvalue weighted by Gasteiger charge is 2.29. The second-order valence-electron chi connectivity index (χ2n) is 6.96. The number of aliphatic carboxylic acids is 1. The lowest BCUT2D eigenvalue weighted by Gasteiger charge is -2.23. The molecular weight excluding hydrogens is 440 g/mol. The van der Waals surface area contributed by atoms with Gasteiger partial charge in [0.25, 0.3) is 0 Å². The van der Waals surface area contributed by atoms with Crippen LogP contribution in [0.25, 0.3) is 0 Å². The number of nitrogens with two attached hydrogens (primary N) is 1. The molecule has 12 heteroatoms. The lowest BCUT2D eigenvalue weighted by atomic mass is 10.1. The highest BCUT2D eigenvalue weighted by Crippen LogP contribution is 2.04. The van der Waals surface area contributed by atoms with Gasteiger partial charge in [-0.3, -0.25) is 14.4 Å². The molecule has 0 aliphatic heterocycles. The van der Waals surface area contributed by atoms with Gasteiger partial charge in [-0.1, -0.05) is 30.3 Å². The number of carbonyl (C=O) groups is 4. The Balaban J connectivity index is 2.73. The molecule has 1 aromatic carbocycles. The van der Waals surface area contributed by atoms with Gasteiger partial charge in [0.15, 0.2) is 0 Å². The third kappa shape index (κ3) is 9.22. The van der Waals surface area contributed by atoms with Crippen LogP contribution in [0.2, 0.25) is 0 Å². The number of aliphatic hydroxyl groups is 2. The molecule has 0 fully saturated rings. The maximum atomic E-state index is 12.5. The Kier molecular flexibility index (Phi) is 12.3. The number of rotatable bonds is 14. The molecule has 0 saturated heterocycles. The van der Waals surface area contributed by atoms with Gasteiger partial charge < -0.3 is 37.0 Å². The first kappa shape index (κ1) is 27.4. The van der Waals surface area contributed by atoms with Crippen LogP contribution in [0.4, 0.5) is 0 Å². The lowest BCUT2D eigenvalue weighted by molar-refractivity contribution is -0.142. The van der Waals surface area contributed by atoms with Crippen LogP contribution in [0, 0.1) is 0 Å². The number of thioether (sulfide) groups is 1. The van der Waals surface area contributed by atoms with E-state index >= 15 is 0 Å². The molecule has 32 heavy (non-hydrogen) atoms. The van der Waals surface area contributed by atoms with Crippen LogP contribution < -0.4 is 21.7 Å². The summed E-state index contributed by atoms with van der Waals surface area (Å²) in [6.45, 7) is -1.59. The molecule has 0 saturated carbocycles. The monoisotopic (exact) mass is 470 g/mol. The Morgan fingerprint density at radius 3 is 1.88 bits per heavy atom. The summed E-state index contributed by atoms with van der Waals surface area (Å²) in [6.07, 6.45) is 2.22. The zero-order chi connectivity index (χ0) is 24.1. The first-order valence-corrected chi connectivity index (χ1v) is 11.3. The van der Waals surface area contributed by atoms with Gasteiger partial charge in [0.1, 0.15) is 18.1 Å². The standard InChI is InChI=1S/C20H30N4O7S/c1-32-8-7-13(21)17(27)23-15(10-25)19(29)24-16(11-26)18(28)22-14(20(30)31)9-12-5-3-2-4-6-12/h2-6,13-16,25-26H,7-11,21H2,1H3,(H,22,28)(H,23,27)(H,24,29)(H,30,31). The molecule has 0 radical (unpaired) electrons. The van der Waals surface area contributed by atoms with Crippen LogP contribution in [-0.4, -0.2) is 88.4 Å². The molecule has 0 aliphatic carbocycles. The van der Waals surface area contributed by atoms with Gasteiger partial charge in [0.2, 0.25) is 17.7 Å².